The molecule has 0 saturated carbocycles. The molecule has 1 amide bonds. The van der Waals surface area contributed by atoms with E-state index in [4.69, 9.17) is 4.52 Å². The van der Waals surface area contributed by atoms with Gasteiger partial charge in [0.2, 0.25) is 0 Å². The fourth-order valence-electron chi connectivity index (χ4n) is 2.92. The Bertz CT molecular complexity index is 903. The Kier molecular flexibility index (Phi) is 3.49. The molecule has 2 aromatic heterocycles. The summed E-state index contributed by atoms with van der Waals surface area (Å²) in [5, 5.41) is 6.49. The van der Waals surface area contributed by atoms with Crippen molar-refractivity contribution in [1.82, 2.24) is 10.1 Å². The normalized spacial score (nSPS) is 13.0. The molecule has 1 N–H and O–H groups in total. The van der Waals surface area contributed by atoms with Gasteiger partial charge in [-0.05, 0) is 31.0 Å². The minimum Gasteiger partial charge on any atom is -0.360 e. The standard InChI is InChI=1S/C18H16N4O2/c1-12-8-17(21-24-12)20-18(23)14-9-15(11-19-10-14)22-7-6-13-4-2-3-5-16(13)22/h2-5,8-11H,6-7H2,1H3,(H,20,21,23). The summed E-state index contributed by atoms with van der Waals surface area (Å²) in [6, 6.07) is 11.8. The highest BCUT2D eigenvalue weighted by atomic mass is 16.5. The molecule has 4 rings (SSSR count). The highest BCUT2D eigenvalue weighted by molar-refractivity contribution is 6.04. The lowest BCUT2D eigenvalue weighted by molar-refractivity contribution is 0.102. The first-order chi connectivity index (χ1) is 11.7. The predicted molar refractivity (Wildman–Crippen MR) is 90.6 cm³/mol. The molecule has 0 atom stereocenters. The second-order valence-corrected chi connectivity index (χ2v) is 5.74. The summed E-state index contributed by atoms with van der Waals surface area (Å²) in [4.78, 5) is 18.8. The van der Waals surface area contributed by atoms with E-state index >= 15 is 0 Å². The van der Waals surface area contributed by atoms with E-state index < -0.39 is 0 Å². The number of aromatic nitrogens is 2. The summed E-state index contributed by atoms with van der Waals surface area (Å²) in [6.07, 6.45) is 4.32. The first-order valence-corrected chi connectivity index (χ1v) is 7.76. The van der Waals surface area contributed by atoms with Gasteiger partial charge in [-0.3, -0.25) is 9.78 Å². The topological polar surface area (TPSA) is 71.3 Å². The van der Waals surface area contributed by atoms with Gasteiger partial charge in [0.15, 0.2) is 5.82 Å². The number of fused-ring (bicyclic) bond motifs is 1. The van der Waals surface area contributed by atoms with Crippen LogP contribution in [0.25, 0.3) is 0 Å². The third kappa shape index (κ3) is 2.62. The summed E-state index contributed by atoms with van der Waals surface area (Å²) < 4.78 is 4.96. The SMILES string of the molecule is Cc1cc(NC(=O)c2cncc(N3CCc4ccccc43)c2)no1. The molecular weight excluding hydrogens is 304 g/mol. The van der Waals surface area contributed by atoms with Crippen LogP contribution in [0.3, 0.4) is 0 Å². The predicted octanol–water partition coefficient (Wildman–Crippen LogP) is 3.32. The minimum absolute atomic E-state index is 0.259. The average Bonchev–Trinajstić information content (AvgIpc) is 3.21. The molecule has 0 bridgehead atoms. The highest BCUT2D eigenvalue weighted by Crippen LogP contribution is 2.34. The molecule has 6 nitrogen and oxygen atoms in total. The number of para-hydroxylation sites is 1. The van der Waals surface area contributed by atoms with Crippen molar-refractivity contribution in [3.63, 3.8) is 0 Å². The zero-order chi connectivity index (χ0) is 16.5. The number of rotatable bonds is 3. The van der Waals surface area contributed by atoms with Crippen molar-refractivity contribution in [2.75, 3.05) is 16.8 Å². The monoisotopic (exact) mass is 320 g/mol. The molecule has 6 heteroatoms. The van der Waals surface area contributed by atoms with Gasteiger partial charge in [0.1, 0.15) is 5.76 Å². The molecule has 0 radical (unpaired) electrons. The van der Waals surface area contributed by atoms with Crippen LogP contribution in [0.2, 0.25) is 0 Å². The Balaban J connectivity index is 1.59. The number of nitrogens with one attached hydrogen (secondary N) is 1. The van der Waals surface area contributed by atoms with Crippen molar-refractivity contribution < 1.29 is 9.32 Å². The van der Waals surface area contributed by atoms with Crippen LogP contribution >= 0.6 is 0 Å². The lowest BCUT2D eigenvalue weighted by Crippen LogP contribution is -2.16. The second-order valence-electron chi connectivity index (χ2n) is 5.74. The Morgan fingerprint density at radius 1 is 1.25 bits per heavy atom. The minimum atomic E-state index is -0.259. The third-order valence-corrected chi connectivity index (χ3v) is 4.05. The molecule has 24 heavy (non-hydrogen) atoms. The van der Waals surface area contributed by atoms with E-state index in [1.807, 2.05) is 18.2 Å². The van der Waals surface area contributed by atoms with Gasteiger partial charge in [-0.1, -0.05) is 23.4 Å². The Morgan fingerprint density at radius 3 is 2.96 bits per heavy atom. The van der Waals surface area contributed by atoms with E-state index in [1.165, 1.54) is 11.3 Å². The van der Waals surface area contributed by atoms with E-state index in [2.05, 4.69) is 32.5 Å². The average molecular weight is 320 g/mol. The van der Waals surface area contributed by atoms with Crippen molar-refractivity contribution in [3.05, 3.63) is 65.7 Å². The molecule has 1 aliphatic heterocycles. The van der Waals surface area contributed by atoms with Gasteiger partial charge in [0, 0.05) is 24.5 Å². The van der Waals surface area contributed by atoms with Gasteiger partial charge in [-0.2, -0.15) is 0 Å². The number of carbonyl (C=O) groups excluding carboxylic acids is 1. The maximum absolute atomic E-state index is 12.4. The van der Waals surface area contributed by atoms with Gasteiger partial charge in [-0.15, -0.1) is 0 Å². The Labute approximate surface area is 139 Å². The van der Waals surface area contributed by atoms with Crippen molar-refractivity contribution in [1.29, 1.82) is 0 Å². The van der Waals surface area contributed by atoms with Crippen LogP contribution in [-0.2, 0) is 6.42 Å². The molecule has 1 aromatic carbocycles. The molecule has 3 aromatic rings. The lowest BCUT2D eigenvalue weighted by atomic mass is 10.2. The zero-order valence-corrected chi connectivity index (χ0v) is 13.2. The first kappa shape index (κ1) is 14.4. The molecule has 0 saturated heterocycles. The van der Waals surface area contributed by atoms with Crippen LogP contribution in [0.1, 0.15) is 21.7 Å². The van der Waals surface area contributed by atoms with E-state index in [1.54, 1.807) is 25.4 Å². The molecule has 0 unspecified atom stereocenters. The highest BCUT2D eigenvalue weighted by Gasteiger charge is 2.21. The first-order valence-electron chi connectivity index (χ1n) is 7.76. The van der Waals surface area contributed by atoms with Gasteiger partial charge in [0.25, 0.3) is 5.91 Å². The molecule has 0 fully saturated rings. The van der Waals surface area contributed by atoms with Crippen molar-refractivity contribution in [2.24, 2.45) is 0 Å². The zero-order valence-electron chi connectivity index (χ0n) is 13.2. The van der Waals surface area contributed by atoms with E-state index in [0.29, 0.717) is 17.1 Å². The van der Waals surface area contributed by atoms with E-state index in [0.717, 1.165) is 18.7 Å². The molecule has 3 heterocycles. The van der Waals surface area contributed by atoms with Crippen LogP contribution in [0.4, 0.5) is 17.2 Å². The number of anilines is 3. The second kappa shape index (κ2) is 5.81. The van der Waals surface area contributed by atoms with E-state index in [-0.39, 0.29) is 5.91 Å². The number of benzene rings is 1. The largest absolute Gasteiger partial charge is 0.360 e. The molecule has 120 valence electrons. The van der Waals surface area contributed by atoms with Gasteiger partial charge in [-0.25, -0.2) is 0 Å². The summed E-state index contributed by atoms with van der Waals surface area (Å²) in [7, 11) is 0. The maximum Gasteiger partial charge on any atom is 0.258 e. The van der Waals surface area contributed by atoms with Gasteiger partial charge in [0.05, 0.1) is 17.4 Å². The van der Waals surface area contributed by atoms with Crippen LogP contribution in [0.5, 0.6) is 0 Å². The Morgan fingerprint density at radius 2 is 2.12 bits per heavy atom. The third-order valence-electron chi connectivity index (χ3n) is 4.05. The number of aryl methyl sites for hydroxylation is 1. The summed E-state index contributed by atoms with van der Waals surface area (Å²) in [5.41, 5.74) is 3.87. The number of nitrogens with zero attached hydrogens (tertiary/aromatic N) is 3. The van der Waals surface area contributed by atoms with Crippen LogP contribution in [-0.4, -0.2) is 22.6 Å². The number of amides is 1. The van der Waals surface area contributed by atoms with E-state index in [9.17, 15) is 4.79 Å². The summed E-state index contributed by atoms with van der Waals surface area (Å²) in [5.74, 6) is 0.783. The molecule has 0 spiro atoms. The van der Waals surface area contributed by atoms with Crippen LogP contribution < -0.4 is 10.2 Å². The smallest absolute Gasteiger partial charge is 0.258 e. The van der Waals surface area contributed by atoms with Crippen LogP contribution in [0.15, 0.2) is 53.3 Å². The number of hydrogen-bond donors (Lipinski definition) is 1. The quantitative estimate of drug-likeness (QED) is 0.801. The molecule has 1 aliphatic rings. The van der Waals surface area contributed by atoms with Crippen molar-refractivity contribution in [3.8, 4) is 0 Å². The molecule has 0 aliphatic carbocycles. The number of pyridine rings is 1. The summed E-state index contributed by atoms with van der Waals surface area (Å²) >= 11 is 0. The number of carbonyl (C=O) groups is 1. The van der Waals surface area contributed by atoms with Crippen molar-refractivity contribution >= 4 is 23.1 Å². The Hall–Kier alpha value is -3.15. The maximum atomic E-state index is 12.4. The lowest BCUT2D eigenvalue weighted by Gasteiger charge is -2.19. The number of hydrogen-bond acceptors (Lipinski definition) is 5. The fraction of sp³-hybridized carbons (Fsp3) is 0.167. The van der Waals surface area contributed by atoms with Crippen LogP contribution in [0, 0.1) is 6.92 Å². The van der Waals surface area contributed by atoms with Crippen molar-refractivity contribution in [2.45, 2.75) is 13.3 Å². The fourth-order valence-corrected chi connectivity index (χ4v) is 2.92. The molecular formula is C18H16N4O2. The summed E-state index contributed by atoms with van der Waals surface area (Å²) in [6.45, 7) is 2.66. The van der Waals surface area contributed by atoms with Gasteiger partial charge < -0.3 is 14.7 Å². The van der Waals surface area contributed by atoms with Gasteiger partial charge >= 0.3 is 0 Å².